The smallest absolute Gasteiger partial charge is 0.238 e. The van der Waals surface area contributed by atoms with Gasteiger partial charge in [-0.2, -0.15) is 0 Å². The number of carbonyl (C=O) groups excluding carboxylic acids is 2. The topological polar surface area (TPSA) is 103 Å². The molecule has 0 radical (unpaired) electrons. The molecule has 4 N–H and O–H groups in total. The van der Waals surface area contributed by atoms with Crippen LogP contribution in [0.2, 0.25) is 0 Å². The number of hydrogen-bond acceptors (Lipinski definition) is 5. The zero-order valence-corrected chi connectivity index (χ0v) is 11.0. The van der Waals surface area contributed by atoms with Crippen molar-refractivity contribution in [1.82, 2.24) is 5.32 Å². The lowest BCUT2D eigenvalue weighted by atomic mass is 10.2. The Balaban J connectivity index is 1.80. The van der Waals surface area contributed by atoms with E-state index in [9.17, 15) is 9.59 Å². The van der Waals surface area contributed by atoms with Crippen molar-refractivity contribution in [2.45, 2.75) is 6.42 Å². The molecular weight excluding hydrogens is 262 g/mol. The van der Waals surface area contributed by atoms with Crippen molar-refractivity contribution in [1.29, 1.82) is 0 Å². The molecule has 2 amide bonds. The molecule has 108 valence electrons. The van der Waals surface area contributed by atoms with Gasteiger partial charge in [0.15, 0.2) is 11.5 Å². The maximum atomic E-state index is 11.7. The highest BCUT2D eigenvalue weighted by Crippen LogP contribution is 2.32. The van der Waals surface area contributed by atoms with Crippen molar-refractivity contribution < 1.29 is 19.1 Å². The first-order chi connectivity index (χ1) is 9.65. The lowest BCUT2D eigenvalue weighted by Crippen LogP contribution is -2.30. The third-order valence-electron chi connectivity index (χ3n) is 2.66. The second-order valence-corrected chi connectivity index (χ2v) is 4.30. The number of nitrogens with two attached hydrogens (primary N) is 1. The fourth-order valence-electron chi connectivity index (χ4n) is 1.74. The standard InChI is InChI=1S/C13H17N3O4/c14-12(17)3-4-15-8-13(18)16-9-1-2-10-11(7-9)20-6-5-19-10/h1-2,7,15H,3-6,8H2,(H2,14,17)(H,16,18). The van der Waals surface area contributed by atoms with Crippen LogP contribution in [-0.4, -0.2) is 38.1 Å². The van der Waals surface area contributed by atoms with E-state index in [0.29, 0.717) is 36.9 Å². The van der Waals surface area contributed by atoms with E-state index in [1.807, 2.05) is 0 Å². The summed E-state index contributed by atoms with van der Waals surface area (Å²) in [6.07, 6.45) is 0.206. The molecule has 0 saturated heterocycles. The van der Waals surface area contributed by atoms with Gasteiger partial charge >= 0.3 is 0 Å². The molecule has 0 unspecified atom stereocenters. The SMILES string of the molecule is NC(=O)CCNCC(=O)Nc1ccc2c(c1)OCCO2. The molecule has 1 heterocycles. The number of nitrogens with one attached hydrogen (secondary N) is 2. The molecule has 2 rings (SSSR count). The van der Waals surface area contributed by atoms with Crippen LogP contribution in [0.3, 0.4) is 0 Å². The van der Waals surface area contributed by atoms with Gasteiger partial charge in [0.2, 0.25) is 11.8 Å². The number of anilines is 1. The van der Waals surface area contributed by atoms with Crippen LogP contribution in [0.5, 0.6) is 11.5 Å². The van der Waals surface area contributed by atoms with Gasteiger partial charge in [0.1, 0.15) is 13.2 Å². The first-order valence-corrected chi connectivity index (χ1v) is 6.33. The van der Waals surface area contributed by atoms with Gasteiger partial charge in [-0.1, -0.05) is 0 Å². The molecule has 0 spiro atoms. The predicted molar refractivity (Wildman–Crippen MR) is 72.7 cm³/mol. The molecular formula is C13H17N3O4. The van der Waals surface area contributed by atoms with E-state index >= 15 is 0 Å². The van der Waals surface area contributed by atoms with Gasteiger partial charge in [-0.15, -0.1) is 0 Å². The molecule has 1 aliphatic heterocycles. The fourth-order valence-corrected chi connectivity index (χ4v) is 1.74. The molecule has 0 aromatic heterocycles. The van der Waals surface area contributed by atoms with Crippen LogP contribution >= 0.6 is 0 Å². The number of ether oxygens (including phenoxy) is 2. The monoisotopic (exact) mass is 279 g/mol. The van der Waals surface area contributed by atoms with Gasteiger partial charge in [-0.3, -0.25) is 9.59 Å². The Morgan fingerprint density at radius 2 is 1.95 bits per heavy atom. The van der Waals surface area contributed by atoms with Crippen LogP contribution in [0.1, 0.15) is 6.42 Å². The Kier molecular flexibility index (Phi) is 4.78. The highest BCUT2D eigenvalue weighted by Gasteiger charge is 2.12. The molecule has 0 atom stereocenters. The zero-order valence-electron chi connectivity index (χ0n) is 11.0. The Bertz CT molecular complexity index is 504. The van der Waals surface area contributed by atoms with Crippen LogP contribution in [0.15, 0.2) is 18.2 Å². The molecule has 1 aromatic rings. The van der Waals surface area contributed by atoms with Gasteiger partial charge in [-0.05, 0) is 12.1 Å². The minimum Gasteiger partial charge on any atom is -0.486 e. The quantitative estimate of drug-likeness (QED) is 0.629. The van der Waals surface area contributed by atoms with Crippen LogP contribution in [-0.2, 0) is 9.59 Å². The minimum atomic E-state index is -0.398. The number of hydrogen-bond donors (Lipinski definition) is 3. The first kappa shape index (κ1) is 14.1. The van der Waals surface area contributed by atoms with Crippen molar-refractivity contribution in [3.63, 3.8) is 0 Å². The van der Waals surface area contributed by atoms with Gasteiger partial charge in [0.25, 0.3) is 0 Å². The van der Waals surface area contributed by atoms with Crippen molar-refractivity contribution in [2.24, 2.45) is 5.73 Å². The number of carbonyl (C=O) groups is 2. The van der Waals surface area contributed by atoms with Crippen LogP contribution < -0.4 is 25.8 Å². The number of primary amides is 1. The third kappa shape index (κ3) is 4.13. The number of benzene rings is 1. The fraction of sp³-hybridized carbons (Fsp3) is 0.385. The average molecular weight is 279 g/mol. The normalized spacial score (nSPS) is 12.8. The van der Waals surface area contributed by atoms with E-state index in [-0.39, 0.29) is 18.9 Å². The summed E-state index contributed by atoms with van der Waals surface area (Å²) in [4.78, 5) is 22.2. The van der Waals surface area contributed by atoms with E-state index in [1.165, 1.54) is 0 Å². The van der Waals surface area contributed by atoms with Crippen LogP contribution in [0.25, 0.3) is 0 Å². The highest BCUT2D eigenvalue weighted by molar-refractivity contribution is 5.92. The van der Waals surface area contributed by atoms with Gasteiger partial charge in [-0.25, -0.2) is 0 Å². The Morgan fingerprint density at radius 3 is 2.70 bits per heavy atom. The molecule has 0 fully saturated rings. The maximum absolute atomic E-state index is 11.7. The summed E-state index contributed by atoms with van der Waals surface area (Å²) in [5.41, 5.74) is 5.63. The molecule has 0 aliphatic carbocycles. The average Bonchev–Trinajstić information content (AvgIpc) is 2.43. The van der Waals surface area contributed by atoms with Crippen molar-refractivity contribution in [2.75, 3.05) is 31.6 Å². The predicted octanol–water partition coefficient (Wildman–Crippen LogP) is -0.139. The lowest BCUT2D eigenvalue weighted by Gasteiger charge is -2.19. The first-order valence-electron chi connectivity index (χ1n) is 6.33. The summed E-state index contributed by atoms with van der Waals surface area (Å²) in [5.74, 6) is 0.695. The second-order valence-electron chi connectivity index (χ2n) is 4.30. The van der Waals surface area contributed by atoms with Gasteiger partial charge in [0.05, 0.1) is 6.54 Å². The third-order valence-corrected chi connectivity index (χ3v) is 2.66. The molecule has 1 aromatic carbocycles. The van der Waals surface area contributed by atoms with E-state index < -0.39 is 5.91 Å². The molecule has 20 heavy (non-hydrogen) atoms. The van der Waals surface area contributed by atoms with Crippen molar-refractivity contribution in [3.05, 3.63) is 18.2 Å². The lowest BCUT2D eigenvalue weighted by molar-refractivity contribution is -0.118. The molecule has 7 nitrogen and oxygen atoms in total. The Morgan fingerprint density at radius 1 is 1.20 bits per heavy atom. The zero-order chi connectivity index (χ0) is 14.4. The number of fused-ring (bicyclic) bond motifs is 1. The Labute approximate surface area is 116 Å². The summed E-state index contributed by atoms with van der Waals surface area (Å²) in [6.45, 7) is 1.52. The van der Waals surface area contributed by atoms with E-state index in [0.717, 1.165) is 0 Å². The number of amides is 2. The van der Waals surface area contributed by atoms with Crippen molar-refractivity contribution >= 4 is 17.5 Å². The van der Waals surface area contributed by atoms with Crippen LogP contribution in [0, 0.1) is 0 Å². The van der Waals surface area contributed by atoms with E-state index in [1.54, 1.807) is 18.2 Å². The van der Waals surface area contributed by atoms with Gasteiger partial charge < -0.3 is 25.8 Å². The largest absolute Gasteiger partial charge is 0.486 e. The molecule has 7 heteroatoms. The maximum Gasteiger partial charge on any atom is 0.238 e. The van der Waals surface area contributed by atoms with Crippen molar-refractivity contribution in [3.8, 4) is 11.5 Å². The number of rotatable bonds is 6. The van der Waals surface area contributed by atoms with Gasteiger partial charge in [0, 0.05) is 24.7 Å². The summed E-state index contributed by atoms with van der Waals surface area (Å²) in [7, 11) is 0. The summed E-state index contributed by atoms with van der Waals surface area (Å²) < 4.78 is 10.8. The van der Waals surface area contributed by atoms with E-state index in [4.69, 9.17) is 15.2 Å². The summed E-state index contributed by atoms with van der Waals surface area (Å²) in [5, 5.41) is 5.56. The highest BCUT2D eigenvalue weighted by atomic mass is 16.6. The minimum absolute atomic E-state index is 0.113. The van der Waals surface area contributed by atoms with Crippen LogP contribution in [0.4, 0.5) is 5.69 Å². The molecule has 0 bridgehead atoms. The molecule has 0 saturated carbocycles. The molecule has 1 aliphatic rings. The summed E-state index contributed by atoms with van der Waals surface area (Å²) in [6, 6.07) is 5.22. The summed E-state index contributed by atoms with van der Waals surface area (Å²) >= 11 is 0. The second kappa shape index (κ2) is 6.76. The van der Waals surface area contributed by atoms with E-state index in [2.05, 4.69) is 10.6 Å². The Hall–Kier alpha value is -2.28.